The molecule has 98 valence electrons. The second kappa shape index (κ2) is 4.92. The van der Waals surface area contributed by atoms with Crippen LogP contribution in [0.15, 0.2) is 18.2 Å². The van der Waals surface area contributed by atoms with Crippen molar-refractivity contribution in [2.45, 2.75) is 32.7 Å². The Balaban J connectivity index is 2.34. The maximum Gasteiger partial charge on any atom is 0.274 e. The van der Waals surface area contributed by atoms with E-state index in [0.29, 0.717) is 17.6 Å². The maximum atomic E-state index is 13.4. The van der Waals surface area contributed by atoms with Gasteiger partial charge in [-0.05, 0) is 31.7 Å². The van der Waals surface area contributed by atoms with Crippen LogP contribution < -0.4 is 4.90 Å². The number of nitro groups is 1. The summed E-state index contributed by atoms with van der Waals surface area (Å²) in [5, 5.41) is 10.8. The number of anilines is 1. The third kappa shape index (κ3) is 2.60. The Morgan fingerprint density at radius 3 is 2.72 bits per heavy atom. The van der Waals surface area contributed by atoms with E-state index in [4.69, 9.17) is 0 Å². The molecule has 2 atom stereocenters. The van der Waals surface area contributed by atoms with Gasteiger partial charge in [0.25, 0.3) is 5.69 Å². The number of rotatable bonds is 2. The van der Waals surface area contributed by atoms with E-state index >= 15 is 0 Å². The van der Waals surface area contributed by atoms with Gasteiger partial charge in [0.2, 0.25) is 0 Å². The molecule has 2 unspecified atom stereocenters. The van der Waals surface area contributed by atoms with Crippen molar-refractivity contribution in [1.82, 2.24) is 0 Å². The minimum absolute atomic E-state index is 0.185. The molecular formula is C13H17FN2O2. The van der Waals surface area contributed by atoms with Crippen molar-refractivity contribution in [1.29, 1.82) is 0 Å². The van der Waals surface area contributed by atoms with Crippen LogP contribution in [0.1, 0.15) is 26.7 Å². The third-order valence-corrected chi connectivity index (χ3v) is 3.53. The average molecular weight is 252 g/mol. The molecule has 0 radical (unpaired) electrons. The second-order valence-corrected chi connectivity index (χ2v) is 5.11. The summed E-state index contributed by atoms with van der Waals surface area (Å²) < 4.78 is 13.4. The molecule has 0 saturated carbocycles. The van der Waals surface area contributed by atoms with Crippen molar-refractivity contribution >= 4 is 11.4 Å². The molecule has 0 aromatic heterocycles. The van der Waals surface area contributed by atoms with E-state index in [9.17, 15) is 14.5 Å². The zero-order valence-corrected chi connectivity index (χ0v) is 10.6. The van der Waals surface area contributed by atoms with Gasteiger partial charge in [-0.25, -0.2) is 4.39 Å². The molecule has 1 heterocycles. The Kier molecular flexibility index (Phi) is 3.50. The van der Waals surface area contributed by atoms with E-state index in [1.807, 2.05) is 0 Å². The van der Waals surface area contributed by atoms with E-state index in [1.165, 1.54) is 12.1 Å². The number of non-ortho nitro benzene ring substituents is 1. The fourth-order valence-corrected chi connectivity index (χ4v) is 2.48. The normalized spacial score (nSPS) is 24.1. The van der Waals surface area contributed by atoms with Crippen LogP contribution in [-0.2, 0) is 0 Å². The Morgan fingerprint density at radius 2 is 2.06 bits per heavy atom. The number of nitrogens with zero attached hydrogens (tertiary/aromatic N) is 2. The van der Waals surface area contributed by atoms with E-state index in [1.54, 1.807) is 0 Å². The zero-order valence-electron chi connectivity index (χ0n) is 10.6. The minimum Gasteiger partial charge on any atom is -0.368 e. The Morgan fingerprint density at radius 1 is 1.33 bits per heavy atom. The molecule has 1 fully saturated rings. The topological polar surface area (TPSA) is 46.4 Å². The lowest BCUT2D eigenvalue weighted by Crippen LogP contribution is -2.41. The van der Waals surface area contributed by atoms with Gasteiger partial charge >= 0.3 is 0 Å². The zero-order chi connectivity index (χ0) is 13.3. The highest BCUT2D eigenvalue weighted by Gasteiger charge is 2.24. The van der Waals surface area contributed by atoms with Gasteiger partial charge in [-0.15, -0.1) is 0 Å². The molecule has 1 aliphatic heterocycles. The monoisotopic (exact) mass is 252 g/mol. The maximum absolute atomic E-state index is 13.4. The molecular weight excluding hydrogens is 235 g/mol. The number of piperidine rings is 1. The van der Waals surface area contributed by atoms with Crippen LogP contribution in [0.5, 0.6) is 0 Å². The average Bonchev–Trinajstić information content (AvgIpc) is 2.31. The second-order valence-electron chi connectivity index (χ2n) is 5.11. The Hall–Kier alpha value is -1.65. The lowest BCUT2D eigenvalue weighted by molar-refractivity contribution is -0.385. The van der Waals surface area contributed by atoms with Crippen LogP contribution in [0.25, 0.3) is 0 Å². The lowest BCUT2D eigenvalue weighted by atomic mass is 9.94. The molecule has 1 aromatic rings. The van der Waals surface area contributed by atoms with Crippen LogP contribution >= 0.6 is 0 Å². The molecule has 0 aliphatic carbocycles. The molecule has 4 nitrogen and oxygen atoms in total. The predicted octanol–water partition coefficient (Wildman–Crippen LogP) is 3.36. The molecule has 1 aliphatic rings. The van der Waals surface area contributed by atoms with Gasteiger partial charge in [0.05, 0.1) is 11.0 Å². The minimum atomic E-state index is -0.551. The summed E-state index contributed by atoms with van der Waals surface area (Å²) in [4.78, 5) is 12.3. The van der Waals surface area contributed by atoms with Crippen molar-refractivity contribution in [3.05, 3.63) is 34.1 Å². The van der Waals surface area contributed by atoms with Gasteiger partial charge in [-0.2, -0.15) is 0 Å². The van der Waals surface area contributed by atoms with Crippen molar-refractivity contribution in [2.75, 3.05) is 11.4 Å². The lowest BCUT2D eigenvalue weighted by Gasteiger charge is -2.38. The van der Waals surface area contributed by atoms with E-state index in [-0.39, 0.29) is 5.69 Å². The summed E-state index contributed by atoms with van der Waals surface area (Å²) in [7, 11) is 0. The van der Waals surface area contributed by atoms with Gasteiger partial charge in [-0.1, -0.05) is 6.92 Å². The van der Waals surface area contributed by atoms with E-state index < -0.39 is 10.7 Å². The molecule has 0 bridgehead atoms. The third-order valence-electron chi connectivity index (χ3n) is 3.53. The molecule has 0 amide bonds. The van der Waals surface area contributed by atoms with Crippen molar-refractivity contribution in [2.24, 2.45) is 5.92 Å². The summed E-state index contributed by atoms with van der Waals surface area (Å²) >= 11 is 0. The number of hydrogen-bond donors (Lipinski definition) is 0. The number of halogens is 1. The molecule has 1 saturated heterocycles. The van der Waals surface area contributed by atoms with Crippen molar-refractivity contribution in [3.8, 4) is 0 Å². The number of hydrogen-bond acceptors (Lipinski definition) is 3. The number of benzene rings is 1. The van der Waals surface area contributed by atoms with Crippen LogP contribution in [0.2, 0.25) is 0 Å². The standard InChI is InChI=1S/C13H17FN2O2/c1-9-3-4-10(2)15(8-9)12-5-11(14)6-13(7-12)16(17)18/h5-7,9-10H,3-4,8H2,1-2H3. The summed E-state index contributed by atoms with van der Waals surface area (Å²) in [5.74, 6) is -0.0202. The first-order valence-electron chi connectivity index (χ1n) is 6.19. The predicted molar refractivity (Wildman–Crippen MR) is 68.3 cm³/mol. The summed E-state index contributed by atoms with van der Waals surface area (Å²) in [6.45, 7) is 5.04. The van der Waals surface area contributed by atoms with Gasteiger partial charge in [-0.3, -0.25) is 10.1 Å². The summed E-state index contributed by atoms with van der Waals surface area (Å²) in [5.41, 5.74) is 0.427. The Bertz CT molecular complexity index is 464. The van der Waals surface area contributed by atoms with E-state index in [0.717, 1.165) is 25.5 Å². The van der Waals surface area contributed by atoms with Crippen LogP contribution in [0, 0.1) is 21.8 Å². The van der Waals surface area contributed by atoms with Gasteiger partial charge in [0.1, 0.15) is 5.82 Å². The smallest absolute Gasteiger partial charge is 0.274 e. The molecule has 5 heteroatoms. The fourth-order valence-electron chi connectivity index (χ4n) is 2.48. The summed E-state index contributed by atoms with van der Waals surface area (Å²) in [6.07, 6.45) is 2.18. The van der Waals surface area contributed by atoms with Gasteiger partial charge < -0.3 is 4.90 Å². The highest BCUT2D eigenvalue weighted by Crippen LogP contribution is 2.30. The number of nitro benzene ring substituents is 1. The van der Waals surface area contributed by atoms with Crippen LogP contribution in [0.3, 0.4) is 0 Å². The van der Waals surface area contributed by atoms with Gasteiger partial charge in [0.15, 0.2) is 0 Å². The highest BCUT2D eigenvalue weighted by molar-refractivity contribution is 5.54. The first kappa shape index (κ1) is 12.8. The first-order chi connectivity index (χ1) is 8.47. The van der Waals surface area contributed by atoms with Gasteiger partial charge in [0, 0.05) is 24.3 Å². The Labute approximate surface area is 106 Å². The fraction of sp³-hybridized carbons (Fsp3) is 0.538. The van der Waals surface area contributed by atoms with Crippen molar-refractivity contribution < 1.29 is 9.31 Å². The largest absolute Gasteiger partial charge is 0.368 e. The molecule has 1 aromatic carbocycles. The molecule has 0 spiro atoms. The van der Waals surface area contributed by atoms with Crippen molar-refractivity contribution in [3.63, 3.8) is 0 Å². The molecule has 2 rings (SSSR count). The quantitative estimate of drug-likeness (QED) is 0.599. The first-order valence-corrected chi connectivity index (χ1v) is 6.19. The van der Waals surface area contributed by atoms with Crippen LogP contribution in [-0.4, -0.2) is 17.5 Å². The molecule has 18 heavy (non-hydrogen) atoms. The van der Waals surface area contributed by atoms with E-state index in [2.05, 4.69) is 18.7 Å². The highest BCUT2D eigenvalue weighted by atomic mass is 19.1. The van der Waals surface area contributed by atoms with Crippen LogP contribution in [0.4, 0.5) is 15.8 Å². The summed E-state index contributed by atoms with van der Waals surface area (Å²) in [6, 6.07) is 4.09. The molecule has 0 N–H and O–H groups in total. The SMILES string of the molecule is CC1CCC(C)N(c2cc(F)cc([N+](=O)[O-])c2)C1.